The molecule has 0 aliphatic heterocycles. The van der Waals surface area contributed by atoms with Gasteiger partial charge in [0.1, 0.15) is 0 Å². The molecule has 3 rings (SSSR count). The zero-order valence-corrected chi connectivity index (χ0v) is 14.5. The van der Waals surface area contributed by atoms with Crippen LogP contribution in [-0.4, -0.2) is 5.71 Å². The highest BCUT2D eigenvalue weighted by Crippen LogP contribution is 2.29. The van der Waals surface area contributed by atoms with Crippen LogP contribution in [0.15, 0.2) is 111 Å². The van der Waals surface area contributed by atoms with Crippen molar-refractivity contribution in [3.8, 4) is 0 Å². The van der Waals surface area contributed by atoms with Crippen LogP contribution < -0.4 is 0 Å². The molecule has 118 valence electrons. The first-order valence-electron chi connectivity index (χ1n) is 7.60. The van der Waals surface area contributed by atoms with E-state index in [1.54, 1.807) is 6.20 Å². The summed E-state index contributed by atoms with van der Waals surface area (Å²) in [5.41, 5.74) is 3.03. The highest BCUT2D eigenvalue weighted by atomic mass is 35.5. The summed E-state index contributed by atoms with van der Waals surface area (Å²) in [5.74, 6) is 0. The third kappa shape index (κ3) is 4.60. The number of nitrogens with zero attached hydrogens (tertiary/aromatic N) is 1. The van der Waals surface area contributed by atoms with Crippen LogP contribution in [0.3, 0.4) is 0 Å². The lowest BCUT2D eigenvalue weighted by Crippen LogP contribution is -2.02. The number of rotatable bonds is 5. The van der Waals surface area contributed by atoms with Crippen molar-refractivity contribution in [1.29, 1.82) is 0 Å². The Morgan fingerprint density at radius 2 is 1.17 bits per heavy atom. The monoisotopic (exact) mass is 349 g/mol. The number of hydrogen-bond donors (Lipinski definition) is 0. The second kappa shape index (κ2) is 8.53. The number of aliphatic imine (C=N–C) groups is 1. The Morgan fingerprint density at radius 3 is 1.67 bits per heavy atom. The number of benzene rings is 3. The molecular weight excluding hydrogens is 334 g/mol. The Morgan fingerprint density at radius 1 is 0.708 bits per heavy atom. The highest BCUT2D eigenvalue weighted by Gasteiger charge is 2.05. The molecule has 0 aromatic heterocycles. The van der Waals surface area contributed by atoms with Gasteiger partial charge < -0.3 is 0 Å². The van der Waals surface area contributed by atoms with Gasteiger partial charge in [-0.1, -0.05) is 102 Å². The standard InChI is InChI=1S/C21H16ClNS/c22-20(24-19-14-8-3-9-15-19)16-23-21(17-10-4-1-5-11-17)18-12-6-2-7-13-18/h1-16H/b20-16+. The molecule has 0 bridgehead atoms. The molecule has 1 nitrogen and oxygen atoms in total. The molecule has 3 aromatic rings. The molecule has 24 heavy (non-hydrogen) atoms. The minimum absolute atomic E-state index is 0.630. The molecule has 0 heterocycles. The molecule has 3 aromatic carbocycles. The van der Waals surface area contributed by atoms with Gasteiger partial charge in [-0.25, -0.2) is 0 Å². The maximum absolute atomic E-state index is 6.35. The van der Waals surface area contributed by atoms with Gasteiger partial charge in [0.05, 0.1) is 16.3 Å². The first-order valence-corrected chi connectivity index (χ1v) is 8.79. The van der Waals surface area contributed by atoms with Crippen LogP contribution in [0, 0.1) is 0 Å². The van der Waals surface area contributed by atoms with E-state index in [9.17, 15) is 0 Å². The smallest absolute Gasteiger partial charge is 0.0965 e. The normalized spacial score (nSPS) is 11.1. The summed E-state index contributed by atoms with van der Waals surface area (Å²) in [6.45, 7) is 0. The van der Waals surface area contributed by atoms with E-state index in [1.807, 2.05) is 66.7 Å². The first-order chi connectivity index (χ1) is 11.8. The maximum Gasteiger partial charge on any atom is 0.0965 e. The van der Waals surface area contributed by atoms with Crippen LogP contribution >= 0.6 is 23.4 Å². The summed E-state index contributed by atoms with van der Waals surface area (Å²) in [5, 5.41) is 0. The average Bonchev–Trinajstić information content (AvgIpc) is 2.64. The van der Waals surface area contributed by atoms with Crippen LogP contribution in [0.4, 0.5) is 0 Å². The van der Waals surface area contributed by atoms with Gasteiger partial charge in [0.25, 0.3) is 0 Å². The van der Waals surface area contributed by atoms with E-state index in [0.717, 1.165) is 21.7 Å². The van der Waals surface area contributed by atoms with Crippen molar-refractivity contribution in [3.63, 3.8) is 0 Å². The van der Waals surface area contributed by atoms with Gasteiger partial charge >= 0.3 is 0 Å². The maximum atomic E-state index is 6.35. The fourth-order valence-corrected chi connectivity index (χ4v) is 3.19. The zero-order chi connectivity index (χ0) is 16.6. The molecule has 0 fully saturated rings. The summed E-state index contributed by atoms with van der Waals surface area (Å²) in [4.78, 5) is 5.75. The highest BCUT2D eigenvalue weighted by molar-refractivity contribution is 8.04. The average molecular weight is 350 g/mol. The first kappa shape index (κ1) is 16.6. The number of thioether (sulfide) groups is 1. The van der Waals surface area contributed by atoms with Crippen molar-refractivity contribution in [2.75, 3.05) is 0 Å². The van der Waals surface area contributed by atoms with Gasteiger partial charge in [0.15, 0.2) is 0 Å². The molecule has 0 saturated carbocycles. The third-order valence-electron chi connectivity index (χ3n) is 3.35. The van der Waals surface area contributed by atoms with Crippen LogP contribution in [0.2, 0.25) is 0 Å². The van der Waals surface area contributed by atoms with Crippen LogP contribution in [0.5, 0.6) is 0 Å². The minimum atomic E-state index is 0.630. The molecule has 0 spiro atoms. The van der Waals surface area contributed by atoms with Crippen molar-refractivity contribution >= 4 is 29.1 Å². The Balaban J connectivity index is 1.91. The Labute approximate surface area is 151 Å². The lowest BCUT2D eigenvalue weighted by atomic mass is 10.0. The van der Waals surface area contributed by atoms with E-state index in [4.69, 9.17) is 11.6 Å². The van der Waals surface area contributed by atoms with Crippen molar-refractivity contribution in [2.24, 2.45) is 4.99 Å². The van der Waals surface area contributed by atoms with Crippen LogP contribution in [0.1, 0.15) is 11.1 Å². The van der Waals surface area contributed by atoms with Crippen molar-refractivity contribution in [3.05, 3.63) is 113 Å². The fourth-order valence-electron chi connectivity index (χ4n) is 2.25. The molecule has 0 N–H and O–H groups in total. The quantitative estimate of drug-likeness (QED) is 0.386. The van der Waals surface area contributed by atoms with Crippen LogP contribution in [0.25, 0.3) is 0 Å². The molecular formula is C21H16ClNS. The number of hydrogen-bond acceptors (Lipinski definition) is 2. The second-order valence-corrected chi connectivity index (χ2v) is 6.80. The molecule has 0 unspecified atom stereocenters. The molecule has 3 heteroatoms. The second-order valence-electron chi connectivity index (χ2n) is 5.06. The summed E-state index contributed by atoms with van der Waals surface area (Å²) < 4.78 is 0.630. The SMILES string of the molecule is Cl/C(=C\N=C(c1ccccc1)c1ccccc1)Sc1ccccc1. The summed E-state index contributed by atoms with van der Waals surface area (Å²) in [6.07, 6.45) is 1.72. The van der Waals surface area contributed by atoms with E-state index in [-0.39, 0.29) is 0 Å². The van der Waals surface area contributed by atoms with Gasteiger partial charge in [-0.3, -0.25) is 4.99 Å². The van der Waals surface area contributed by atoms with E-state index in [0.29, 0.717) is 4.36 Å². The van der Waals surface area contributed by atoms with Crippen molar-refractivity contribution in [1.82, 2.24) is 0 Å². The Kier molecular flexibility index (Phi) is 5.89. The van der Waals surface area contributed by atoms with E-state index in [2.05, 4.69) is 29.3 Å². The summed E-state index contributed by atoms with van der Waals surface area (Å²) in [7, 11) is 0. The van der Waals surface area contributed by atoms with Gasteiger partial charge in [-0.15, -0.1) is 0 Å². The van der Waals surface area contributed by atoms with Gasteiger partial charge in [0, 0.05) is 16.0 Å². The minimum Gasteiger partial charge on any atom is -0.254 e. The molecule has 0 atom stereocenters. The molecule has 0 aliphatic rings. The third-order valence-corrected chi connectivity index (χ3v) is 4.49. The number of halogens is 1. The topological polar surface area (TPSA) is 12.4 Å². The van der Waals surface area contributed by atoms with Gasteiger partial charge in [-0.2, -0.15) is 0 Å². The summed E-state index contributed by atoms with van der Waals surface area (Å²) >= 11 is 7.85. The van der Waals surface area contributed by atoms with Crippen LogP contribution in [-0.2, 0) is 0 Å². The van der Waals surface area contributed by atoms with Gasteiger partial charge in [0.2, 0.25) is 0 Å². The van der Waals surface area contributed by atoms with Gasteiger partial charge in [-0.05, 0) is 12.1 Å². The Hall–Kier alpha value is -2.29. The van der Waals surface area contributed by atoms with Crippen molar-refractivity contribution in [2.45, 2.75) is 4.90 Å². The predicted molar refractivity (Wildman–Crippen MR) is 105 cm³/mol. The lowest BCUT2D eigenvalue weighted by Gasteiger charge is -2.06. The molecule has 0 radical (unpaired) electrons. The molecule has 0 aliphatic carbocycles. The molecule has 0 amide bonds. The van der Waals surface area contributed by atoms with E-state index in [1.165, 1.54) is 11.8 Å². The largest absolute Gasteiger partial charge is 0.254 e. The lowest BCUT2D eigenvalue weighted by molar-refractivity contribution is 1.46. The Bertz CT molecular complexity index is 786. The molecule has 0 saturated heterocycles. The van der Waals surface area contributed by atoms with E-state index < -0.39 is 0 Å². The zero-order valence-electron chi connectivity index (χ0n) is 13.0. The summed E-state index contributed by atoms with van der Waals surface area (Å²) in [6, 6.07) is 30.3. The van der Waals surface area contributed by atoms with E-state index >= 15 is 0 Å². The van der Waals surface area contributed by atoms with Crippen molar-refractivity contribution < 1.29 is 0 Å². The fraction of sp³-hybridized carbons (Fsp3) is 0. The predicted octanol–water partition coefficient (Wildman–Crippen LogP) is 6.35.